The van der Waals surface area contributed by atoms with Gasteiger partial charge in [0.15, 0.2) is 0 Å². The molecule has 0 bridgehead atoms. The van der Waals surface area contributed by atoms with E-state index < -0.39 is 11.6 Å². The van der Waals surface area contributed by atoms with E-state index in [0.717, 1.165) is 0 Å². The van der Waals surface area contributed by atoms with Crippen LogP contribution in [-0.4, -0.2) is 11.6 Å². The highest BCUT2D eigenvalue weighted by atomic mass is 19.1. The molecule has 1 aromatic rings. The van der Waals surface area contributed by atoms with Gasteiger partial charge in [0.25, 0.3) is 5.69 Å². The quantitative estimate of drug-likeness (QED) is 0.566. The average molecular weight is 210 g/mol. The third kappa shape index (κ3) is 2.52. The number of nitro benzene ring substituents is 1. The third-order valence-electron chi connectivity index (χ3n) is 2.36. The van der Waals surface area contributed by atoms with Gasteiger partial charge >= 0.3 is 0 Å². The summed E-state index contributed by atoms with van der Waals surface area (Å²) in [5, 5.41) is 10.7. The monoisotopic (exact) mass is 210 g/mol. The SMILES string of the molecule is CCc1ccc([C](C)CF)cc1[N+](=O)[O-]. The molecule has 0 saturated heterocycles. The minimum absolute atomic E-state index is 0.0720. The number of benzene rings is 1. The molecule has 0 aromatic heterocycles. The van der Waals surface area contributed by atoms with Gasteiger partial charge in [-0.25, -0.2) is 0 Å². The summed E-state index contributed by atoms with van der Waals surface area (Å²) in [6, 6.07) is 4.85. The van der Waals surface area contributed by atoms with Gasteiger partial charge in [-0.05, 0) is 12.0 Å². The summed E-state index contributed by atoms with van der Waals surface area (Å²) in [7, 11) is 0. The highest BCUT2D eigenvalue weighted by molar-refractivity contribution is 5.47. The van der Waals surface area contributed by atoms with Crippen LogP contribution in [0.4, 0.5) is 10.1 Å². The summed E-state index contributed by atoms with van der Waals surface area (Å²) in [4.78, 5) is 10.3. The fourth-order valence-electron chi connectivity index (χ4n) is 1.38. The van der Waals surface area contributed by atoms with Gasteiger partial charge in [0.2, 0.25) is 0 Å². The van der Waals surface area contributed by atoms with E-state index in [4.69, 9.17) is 0 Å². The van der Waals surface area contributed by atoms with Crippen molar-refractivity contribution in [2.24, 2.45) is 0 Å². The number of halogens is 1. The molecule has 1 radical (unpaired) electrons. The van der Waals surface area contributed by atoms with Crippen molar-refractivity contribution in [2.75, 3.05) is 6.67 Å². The summed E-state index contributed by atoms with van der Waals surface area (Å²) < 4.78 is 12.4. The van der Waals surface area contributed by atoms with Crippen molar-refractivity contribution < 1.29 is 9.31 Å². The number of rotatable bonds is 4. The Balaban J connectivity index is 3.16. The van der Waals surface area contributed by atoms with E-state index in [1.807, 2.05) is 6.92 Å². The van der Waals surface area contributed by atoms with Gasteiger partial charge in [-0.2, -0.15) is 0 Å². The van der Waals surface area contributed by atoms with Gasteiger partial charge in [-0.15, -0.1) is 0 Å². The third-order valence-corrected chi connectivity index (χ3v) is 2.36. The summed E-state index contributed by atoms with van der Waals surface area (Å²) in [5.41, 5.74) is 1.35. The normalized spacial score (nSPS) is 10.7. The maximum Gasteiger partial charge on any atom is 0.272 e. The van der Waals surface area contributed by atoms with Gasteiger partial charge in [-0.1, -0.05) is 26.0 Å². The smallest absolute Gasteiger partial charge is 0.258 e. The molecule has 0 heterocycles. The molecule has 1 rings (SSSR count). The van der Waals surface area contributed by atoms with Crippen LogP contribution >= 0.6 is 0 Å². The standard InChI is InChI=1S/C11H13FNO2/c1-3-9-4-5-10(8(2)7-12)6-11(9)13(14)15/h4-6H,3,7H2,1-2H3. The summed E-state index contributed by atoms with van der Waals surface area (Å²) in [5.74, 6) is 0.515. The van der Waals surface area contributed by atoms with Crippen LogP contribution in [0.3, 0.4) is 0 Å². The molecule has 15 heavy (non-hydrogen) atoms. The van der Waals surface area contributed by atoms with Crippen molar-refractivity contribution in [3.8, 4) is 0 Å². The minimum atomic E-state index is -0.581. The Kier molecular flexibility index (Phi) is 3.77. The molecule has 0 aliphatic rings. The van der Waals surface area contributed by atoms with Crippen molar-refractivity contribution >= 4 is 5.69 Å². The predicted octanol–water partition coefficient (Wildman–Crippen LogP) is 3.07. The van der Waals surface area contributed by atoms with E-state index in [2.05, 4.69) is 0 Å². The van der Waals surface area contributed by atoms with Crippen LogP contribution in [0, 0.1) is 16.0 Å². The first-order valence-electron chi connectivity index (χ1n) is 4.76. The van der Waals surface area contributed by atoms with Crippen molar-refractivity contribution in [3.05, 3.63) is 45.4 Å². The van der Waals surface area contributed by atoms with Crippen LogP contribution in [0.2, 0.25) is 0 Å². The lowest BCUT2D eigenvalue weighted by molar-refractivity contribution is -0.385. The molecule has 0 aliphatic heterocycles. The van der Waals surface area contributed by atoms with E-state index in [-0.39, 0.29) is 5.69 Å². The highest BCUT2D eigenvalue weighted by Gasteiger charge is 2.15. The molecule has 0 atom stereocenters. The number of nitro groups is 1. The Morgan fingerprint density at radius 1 is 1.53 bits per heavy atom. The van der Waals surface area contributed by atoms with Crippen LogP contribution < -0.4 is 0 Å². The van der Waals surface area contributed by atoms with Crippen molar-refractivity contribution in [2.45, 2.75) is 20.3 Å². The fraction of sp³-hybridized carbons (Fsp3) is 0.364. The molecular weight excluding hydrogens is 197 g/mol. The number of nitrogens with zero attached hydrogens (tertiary/aromatic N) is 1. The Morgan fingerprint density at radius 2 is 2.20 bits per heavy atom. The van der Waals surface area contributed by atoms with Gasteiger partial charge in [-0.3, -0.25) is 14.5 Å². The zero-order valence-electron chi connectivity index (χ0n) is 8.79. The van der Waals surface area contributed by atoms with Crippen LogP contribution in [0.5, 0.6) is 0 Å². The lowest BCUT2D eigenvalue weighted by Crippen LogP contribution is -2.00. The molecule has 0 aliphatic carbocycles. The Bertz CT molecular complexity index is 366. The average Bonchev–Trinajstić information content (AvgIpc) is 2.27. The van der Waals surface area contributed by atoms with Gasteiger partial charge in [0, 0.05) is 17.5 Å². The number of aryl methyl sites for hydroxylation is 1. The number of alkyl halides is 1. The van der Waals surface area contributed by atoms with Crippen LogP contribution in [-0.2, 0) is 6.42 Å². The fourth-order valence-corrected chi connectivity index (χ4v) is 1.38. The molecule has 0 saturated carbocycles. The lowest BCUT2D eigenvalue weighted by Gasteiger charge is -2.07. The predicted molar refractivity (Wildman–Crippen MR) is 56.5 cm³/mol. The largest absolute Gasteiger partial charge is 0.272 e. The zero-order chi connectivity index (χ0) is 11.4. The maximum atomic E-state index is 12.4. The first kappa shape index (κ1) is 11.6. The minimum Gasteiger partial charge on any atom is -0.258 e. The Morgan fingerprint density at radius 3 is 2.67 bits per heavy atom. The first-order chi connectivity index (χ1) is 7.10. The lowest BCUT2D eigenvalue weighted by atomic mass is 9.99. The second-order valence-electron chi connectivity index (χ2n) is 3.37. The summed E-state index contributed by atoms with van der Waals surface area (Å²) >= 11 is 0. The summed E-state index contributed by atoms with van der Waals surface area (Å²) in [6.45, 7) is 2.90. The maximum absolute atomic E-state index is 12.4. The Hall–Kier alpha value is -1.45. The molecular formula is C11H13FNO2. The van der Waals surface area contributed by atoms with E-state index in [1.54, 1.807) is 19.1 Å². The van der Waals surface area contributed by atoms with Crippen molar-refractivity contribution in [3.63, 3.8) is 0 Å². The molecule has 0 fully saturated rings. The molecule has 0 unspecified atom stereocenters. The molecule has 1 aromatic carbocycles. The molecule has 4 heteroatoms. The Labute approximate surface area is 88.1 Å². The topological polar surface area (TPSA) is 43.1 Å². The van der Waals surface area contributed by atoms with E-state index in [1.165, 1.54) is 6.07 Å². The van der Waals surface area contributed by atoms with Crippen LogP contribution in [0.15, 0.2) is 18.2 Å². The summed E-state index contributed by atoms with van der Waals surface area (Å²) in [6.07, 6.45) is 0.602. The van der Waals surface area contributed by atoms with E-state index >= 15 is 0 Å². The number of hydrogen-bond donors (Lipinski definition) is 0. The highest BCUT2D eigenvalue weighted by Crippen LogP contribution is 2.24. The molecule has 0 amide bonds. The zero-order valence-corrected chi connectivity index (χ0v) is 8.79. The van der Waals surface area contributed by atoms with Crippen LogP contribution in [0.25, 0.3) is 0 Å². The molecule has 3 nitrogen and oxygen atoms in total. The second-order valence-corrected chi connectivity index (χ2v) is 3.37. The van der Waals surface area contributed by atoms with Crippen molar-refractivity contribution in [1.82, 2.24) is 0 Å². The molecule has 0 spiro atoms. The molecule has 81 valence electrons. The first-order valence-corrected chi connectivity index (χ1v) is 4.76. The van der Waals surface area contributed by atoms with E-state index in [9.17, 15) is 14.5 Å². The van der Waals surface area contributed by atoms with Crippen molar-refractivity contribution in [1.29, 1.82) is 0 Å². The van der Waals surface area contributed by atoms with Gasteiger partial charge in [0.1, 0.15) is 0 Å². The number of hydrogen-bond acceptors (Lipinski definition) is 2. The van der Waals surface area contributed by atoms with Crippen LogP contribution in [0.1, 0.15) is 25.0 Å². The van der Waals surface area contributed by atoms with Gasteiger partial charge in [0.05, 0.1) is 11.6 Å². The van der Waals surface area contributed by atoms with E-state index in [0.29, 0.717) is 23.5 Å². The molecule has 0 N–H and O–H groups in total. The second kappa shape index (κ2) is 4.87. The van der Waals surface area contributed by atoms with Gasteiger partial charge < -0.3 is 0 Å².